The number of pyridine rings is 1. The highest BCUT2D eigenvalue weighted by molar-refractivity contribution is 6.02. The van der Waals surface area contributed by atoms with Crippen molar-refractivity contribution >= 4 is 11.7 Å². The average molecular weight is 354 g/mol. The summed E-state index contributed by atoms with van der Waals surface area (Å²) in [5.74, 6) is -0.770. The van der Waals surface area contributed by atoms with Gasteiger partial charge in [-0.2, -0.15) is 4.39 Å². The summed E-state index contributed by atoms with van der Waals surface area (Å²) in [6.45, 7) is 0. The highest BCUT2D eigenvalue weighted by atomic mass is 19.1. The molecule has 0 N–H and O–H groups in total. The molecule has 2 aromatic heterocycles. The molecule has 132 valence electrons. The zero-order valence-electron chi connectivity index (χ0n) is 14.1. The van der Waals surface area contributed by atoms with E-state index < -0.39 is 11.4 Å². The van der Waals surface area contributed by atoms with E-state index in [1.165, 1.54) is 27.9 Å². The van der Waals surface area contributed by atoms with Gasteiger partial charge in [0.2, 0.25) is 11.9 Å². The lowest BCUT2D eigenvalue weighted by atomic mass is 9.94. The van der Waals surface area contributed by atoms with Gasteiger partial charge in [0.05, 0.1) is 11.1 Å². The number of likely N-dealkylation sites (N-methyl/N-ethyl adjacent to an activating group) is 1. The van der Waals surface area contributed by atoms with Crippen LogP contribution in [0.4, 0.5) is 14.6 Å². The molecule has 1 fully saturated rings. The number of halogens is 2. The maximum atomic E-state index is 14.2. The van der Waals surface area contributed by atoms with E-state index >= 15 is 0 Å². The molecule has 3 aromatic rings. The second-order valence-electron chi connectivity index (χ2n) is 6.38. The van der Waals surface area contributed by atoms with Crippen molar-refractivity contribution in [2.45, 2.75) is 18.3 Å². The number of carbonyl (C=O) groups excluding carboxylic acids is 1. The first-order valence-electron chi connectivity index (χ1n) is 8.22. The number of hydrogen-bond donors (Lipinski definition) is 0. The van der Waals surface area contributed by atoms with Gasteiger partial charge in [-0.3, -0.25) is 9.69 Å². The minimum absolute atomic E-state index is 0.200. The Kier molecular flexibility index (Phi) is 3.79. The third kappa shape index (κ3) is 2.65. The fourth-order valence-electron chi connectivity index (χ4n) is 3.17. The van der Waals surface area contributed by atoms with Gasteiger partial charge in [-0.25, -0.2) is 14.1 Å². The first-order valence-corrected chi connectivity index (χ1v) is 8.22. The lowest BCUT2D eigenvalue weighted by Crippen LogP contribution is -2.37. The minimum Gasteiger partial charge on any atom is -0.298 e. The highest BCUT2D eigenvalue weighted by Crippen LogP contribution is 2.50. The molecule has 1 aliphatic carbocycles. The van der Waals surface area contributed by atoms with Gasteiger partial charge in [0.1, 0.15) is 5.82 Å². The summed E-state index contributed by atoms with van der Waals surface area (Å²) >= 11 is 0. The predicted octanol–water partition coefficient (Wildman–Crippen LogP) is 3.24. The van der Waals surface area contributed by atoms with Crippen molar-refractivity contribution in [3.8, 4) is 5.69 Å². The number of amides is 1. The summed E-state index contributed by atoms with van der Waals surface area (Å²) < 4.78 is 28.9. The summed E-state index contributed by atoms with van der Waals surface area (Å²) in [5.41, 5.74) is 0.0967. The SMILES string of the molecule is CN(C(=O)C1(c2ccccc2F)CC1)c1ccn(-c2ccnc(F)c2)n1. The second kappa shape index (κ2) is 6.01. The fourth-order valence-corrected chi connectivity index (χ4v) is 3.17. The Balaban J connectivity index is 1.61. The number of rotatable bonds is 4. The molecule has 26 heavy (non-hydrogen) atoms. The van der Waals surface area contributed by atoms with Gasteiger partial charge in [-0.15, -0.1) is 5.10 Å². The van der Waals surface area contributed by atoms with Gasteiger partial charge in [0.25, 0.3) is 0 Å². The van der Waals surface area contributed by atoms with Crippen LogP contribution in [0.3, 0.4) is 0 Å². The van der Waals surface area contributed by atoms with Crippen LogP contribution in [0.25, 0.3) is 5.69 Å². The molecule has 1 amide bonds. The van der Waals surface area contributed by atoms with Crippen LogP contribution < -0.4 is 4.90 Å². The summed E-state index contributed by atoms with van der Waals surface area (Å²) in [4.78, 5) is 18.0. The van der Waals surface area contributed by atoms with E-state index in [0.717, 1.165) is 0 Å². The number of benzene rings is 1. The minimum atomic E-state index is -0.827. The van der Waals surface area contributed by atoms with Gasteiger partial charge in [-0.1, -0.05) is 18.2 Å². The molecule has 7 heteroatoms. The number of anilines is 1. The number of hydrogen-bond acceptors (Lipinski definition) is 3. The molecule has 4 rings (SSSR count). The van der Waals surface area contributed by atoms with Crippen LogP contribution in [0.15, 0.2) is 54.9 Å². The zero-order valence-corrected chi connectivity index (χ0v) is 14.1. The fraction of sp³-hybridized carbons (Fsp3) is 0.211. The van der Waals surface area contributed by atoms with Crippen LogP contribution in [-0.2, 0) is 10.2 Å². The third-order valence-corrected chi connectivity index (χ3v) is 4.75. The molecule has 5 nitrogen and oxygen atoms in total. The Bertz CT molecular complexity index is 981. The zero-order chi connectivity index (χ0) is 18.3. The number of aromatic nitrogens is 3. The van der Waals surface area contributed by atoms with E-state index in [2.05, 4.69) is 10.1 Å². The van der Waals surface area contributed by atoms with Gasteiger partial charge < -0.3 is 0 Å². The molecule has 1 saturated carbocycles. The monoisotopic (exact) mass is 354 g/mol. The lowest BCUT2D eigenvalue weighted by molar-refractivity contribution is -0.120. The van der Waals surface area contributed by atoms with Gasteiger partial charge >= 0.3 is 0 Å². The molecule has 0 bridgehead atoms. The van der Waals surface area contributed by atoms with Crippen molar-refractivity contribution in [3.63, 3.8) is 0 Å². The average Bonchev–Trinajstić information content (AvgIpc) is 3.29. The number of nitrogens with zero attached hydrogens (tertiary/aromatic N) is 4. The molecular formula is C19H16F2N4O. The van der Waals surface area contributed by atoms with Crippen molar-refractivity contribution < 1.29 is 13.6 Å². The van der Waals surface area contributed by atoms with Crippen molar-refractivity contribution in [1.82, 2.24) is 14.8 Å². The normalized spacial score (nSPS) is 14.9. The predicted molar refractivity (Wildman–Crippen MR) is 92.0 cm³/mol. The molecule has 1 aliphatic rings. The summed E-state index contributed by atoms with van der Waals surface area (Å²) in [7, 11) is 1.61. The van der Waals surface area contributed by atoms with Gasteiger partial charge in [0.15, 0.2) is 5.82 Å². The lowest BCUT2D eigenvalue weighted by Gasteiger charge is -2.22. The second-order valence-corrected chi connectivity index (χ2v) is 6.38. The molecule has 0 atom stereocenters. The molecular weight excluding hydrogens is 338 g/mol. The highest BCUT2D eigenvalue weighted by Gasteiger charge is 2.54. The van der Waals surface area contributed by atoms with Crippen LogP contribution >= 0.6 is 0 Å². The van der Waals surface area contributed by atoms with Crippen LogP contribution in [0.1, 0.15) is 18.4 Å². The Hall–Kier alpha value is -3.09. The Morgan fingerprint density at radius 3 is 2.65 bits per heavy atom. The van der Waals surface area contributed by atoms with Crippen molar-refractivity contribution in [1.29, 1.82) is 0 Å². The van der Waals surface area contributed by atoms with Gasteiger partial charge in [0, 0.05) is 37.1 Å². The first-order chi connectivity index (χ1) is 12.5. The molecule has 0 radical (unpaired) electrons. The Morgan fingerprint density at radius 1 is 1.19 bits per heavy atom. The molecule has 1 aromatic carbocycles. The van der Waals surface area contributed by atoms with Crippen LogP contribution in [0, 0.1) is 11.8 Å². The van der Waals surface area contributed by atoms with Crippen molar-refractivity contribution in [3.05, 3.63) is 72.2 Å². The quantitative estimate of drug-likeness (QED) is 0.676. The van der Waals surface area contributed by atoms with Gasteiger partial charge in [-0.05, 0) is 25.0 Å². The van der Waals surface area contributed by atoms with Crippen molar-refractivity contribution in [2.24, 2.45) is 0 Å². The van der Waals surface area contributed by atoms with Crippen molar-refractivity contribution in [2.75, 3.05) is 11.9 Å². The van der Waals surface area contributed by atoms with E-state index in [1.54, 1.807) is 43.6 Å². The maximum absolute atomic E-state index is 14.2. The van der Waals surface area contributed by atoms with E-state index in [4.69, 9.17) is 0 Å². The maximum Gasteiger partial charge on any atom is 0.238 e. The summed E-state index contributed by atoms with van der Waals surface area (Å²) in [6, 6.07) is 10.9. The smallest absolute Gasteiger partial charge is 0.238 e. The Morgan fingerprint density at radius 2 is 1.96 bits per heavy atom. The molecule has 0 spiro atoms. The molecule has 0 saturated heterocycles. The largest absolute Gasteiger partial charge is 0.298 e. The van der Waals surface area contributed by atoms with Crippen LogP contribution in [0.5, 0.6) is 0 Å². The third-order valence-electron chi connectivity index (χ3n) is 4.75. The molecule has 0 aliphatic heterocycles. The van der Waals surface area contributed by atoms with Crippen LogP contribution in [-0.4, -0.2) is 27.7 Å². The summed E-state index contributed by atoms with van der Waals surface area (Å²) in [5, 5.41) is 4.33. The standard InChI is InChI=1S/C19H16F2N4O/c1-24(17-7-11-25(23-17)13-6-10-22-16(21)12-13)18(26)19(8-9-19)14-4-2-3-5-15(14)20/h2-7,10-12H,8-9H2,1H3. The molecule has 0 unspecified atom stereocenters. The Labute approximate surface area is 148 Å². The van der Waals surface area contributed by atoms with E-state index in [1.807, 2.05) is 0 Å². The van der Waals surface area contributed by atoms with E-state index in [9.17, 15) is 13.6 Å². The molecule has 2 heterocycles. The van der Waals surface area contributed by atoms with E-state index in [0.29, 0.717) is 29.9 Å². The topological polar surface area (TPSA) is 51.0 Å². The van der Waals surface area contributed by atoms with E-state index in [-0.39, 0.29) is 11.7 Å². The number of carbonyl (C=O) groups is 1. The van der Waals surface area contributed by atoms with Crippen LogP contribution in [0.2, 0.25) is 0 Å². The first kappa shape index (κ1) is 16.4. The summed E-state index contributed by atoms with van der Waals surface area (Å²) in [6.07, 6.45) is 4.19.